The maximum Gasteiger partial charge on any atom is 0.119 e. The zero-order valence-corrected chi connectivity index (χ0v) is 11.5. The minimum atomic E-state index is 0.229. The number of rotatable bonds is 7. The van der Waals surface area contributed by atoms with Crippen molar-refractivity contribution in [2.75, 3.05) is 13.2 Å². The van der Waals surface area contributed by atoms with Crippen LogP contribution in [0.25, 0.3) is 0 Å². The van der Waals surface area contributed by atoms with Gasteiger partial charge in [0.1, 0.15) is 5.75 Å². The van der Waals surface area contributed by atoms with Crippen LogP contribution in [0, 0.1) is 5.41 Å². The molecule has 0 aliphatic carbocycles. The number of ether oxygens (including phenoxy) is 1. The molecule has 2 nitrogen and oxygen atoms in total. The van der Waals surface area contributed by atoms with Crippen LogP contribution in [0.4, 0.5) is 0 Å². The fourth-order valence-corrected chi connectivity index (χ4v) is 2.04. The summed E-state index contributed by atoms with van der Waals surface area (Å²) in [6, 6.07) is 7.47. The van der Waals surface area contributed by atoms with Crippen molar-refractivity contribution in [3.63, 3.8) is 0 Å². The molecule has 1 rings (SSSR count). The second kappa shape index (κ2) is 6.87. The Hall–Kier alpha value is -0.730. The molecule has 17 heavy (non-hydrogen) atoms. The molecule has 0 heterocycles. The van der Waals surface area contributed by atoms with Crippen LogP contribution in [0.3, 0.4) is 0 Å². The lowest BCUT2D eigenvalue weighted by molar-refractivity contribution is 0.187. The van der Waals surface area contributed by atoms with Crippen LogP contribution in [0.5, 0.6) is 5.75 Å². The number of benzene rings is 1. The second-order valence-corrected chi connectivity index (χ2v) is 4.90. The summed E-state index contributed by atoms with van der Waals surface area (Å²) in [4.78, 5) is 0. The van der Waals surface area contributed by atoms with Crippen LogP contribution in [-0.4, -0.2) is 13.2 Å². The van der Waals surface area contributed by atoms with E-state index >= 15 is 0 Å². The van der Waals surface area contributed by atoms with E-state index in [1.54, 1.807) is 0 Å². The Balaban J connectivity index is 2.43. The zero-order valence-electron chi connectivity index (χ0n) is 10.7. The number of hydrogen-bond donors (Lipinski definition) is 1. The Morgan fingerprint density at radius 2 is 1.76 bits per heavy atom. The van der Waals surface area contributed by atoms with E-state index in [2.05, 4.69) is 13.8 Å². The van der Waals surface area contributed by atoms with Crippen LogP contribution in [0.15, 0.2) is 24.3 Å². The lowest BCUT2D eigenvalue weighted by Crippen LogP contribution is -2.31. The van der Waals surface area contributed by atoms with E-state index in [0.29, 0.717) is 6.61 Å². The predicted octanol–water partition coefficient (Wildman–Crippen LogP) is 3.87. The van der Waals surface area contributed by atoms with Crippen LogP contribution in [-0.2, 0) is 0 Å². The Morgan fingerprint density at radius 1 is 1.18 bits per heavy atom. The van der Waals surface area contributed by atoms with Crippen molar-refractivity contribution >= 4 is 11.6 Å². The molecule has 2 N–H and O–H groups in total. The summed E-state index contributed by atoms with van der Waals surface area (Å²) in [5, 5.41) is 0.732. The molecule has 0 atom stereocenters. The Labute approximate surface area is 109 Å². The molecule has 0 aliphatic heterocycles. The third-order valence-corrected chi connectivity index (χ3v) is 3.90. The summed E-state index contributed by atoms with van der Waals surface area (Å²) in [6.07, 6.45) is 3.20. The lowest BCUT2D eigenvalue weighted by Gasteiger charge is -2.29. The average Bonchev–Trinajstić information content (AvgIpc) is 2.38. The van der Waals surface area contributed by atoms with E-state index in [1.807, 2.05) is 24.3 Å². The lowest BCUT2D eigenvalue weighted by atomic mass is 9.80. The first-order valence-electron chi connectivity index (χ1n) is 6.24. The van der Waals surface area contributed by atoms with Gasteiger partial charge in [0.15, 0.2) is 0 Å². The SMILES string of the molecule is CCC(CC)(CN)CCOc1ccc(Cl)cc1. The van der Waals surface area contributed by atoms with Crippen LogP contribution in [0.1, 0.15) is 33.1 Å². The minimum Gasteiger partial charge on any atom is -0.494 e. The third kappa shape index (κ3) is 4.21. The fraction of sp³-hybridized carbons (Fsp3) is 0.571. The summed E-state index contributed by atoms with van der Waals surface area (Å²) in [6.45, 7) is 5.82. The summed E-state index contributed by atoms with van der Waals surface area (Å²) < 4.78 is 5.71. The molecule has 0 radical (unpaired) electrons. The number of halogens is 1. The first-order chi connectivity index (χ1) is 8.15. The molecule has 0 unspecified atom stereocenters. The van der Waals surface area contributed by atoms with Gasteiger partial charge in [0.25, 0.3) is 0 Å². The van der Waals surface area contributed by atoms with Gasteiger partial charge in [0.05, 0.1) is 6.61 Å². The molecule has 1 aromatic carbocycles. The van der Waals surface area contributed by atoms with Gasteiger partial charge in [-0.15, -0.1) is 0 Å². The average molecular weight is 256 g/mol. The molecule has 0 bridgehead atoms. The zero-order chi connectivity index (χ0) is 12.7. The van der Waals surface area contributed by atoms with Gasteiger partial charge in [-0.2, -0.15) is 0 Å². The molecule has 0 aliphatic rings. The highest BCUT2D eigenvalue weighted by atomic mass is 35.5. The van der Waals surface area contributed by atoms with Crippen molar-refractivity contribution in [2.45, 2.75) is 33.1 Å². The molecule has 96 valence electrons. The van der Waals surface area contributed by atoms with Crippen LogP contribution >= 0.6 is 11.6 Å². The van der Waals surface area contributed by atoms with E-state index in [-0.39, 0.29) is 5.41 Å². The number of nitrogens with two attached hydrogens (primary N) is 1. The molecule has 1 aromatic rings. The fourth-order valence-electron chi connectivity index (χ4n) is 1.91. The minimum absolute atomic E-state index is 0.229. The first kappa shape index (κ1) is 14.3. The van der Waals surface area contributed by atoms with Gasteiger partial charge in [-0.05, 0) is 55.5 Å². The molecule has 0 saturated heterocycles. The third-order valence-electron chi connectivity index (χ3n) is 3.65. The van der Waals surface area contributed by atoms with E-state index in [1.165, 1.54) is 0 Å². The highest BCUT2D eigenvalue weighted by Gasteiger charge is 2.23. The van der Waals surface area contributed by atoms with Gasteiger partial charge >= 0.3 is 0 Å². The van der Waals surface area contributed by atoms with Gasteiger partial charge in [-0.1, -0.05) is 25.4 Å². The topological polar surface area (TPSA) is 35.2 Å². The quantitative estimate of drug-likeness (QED) is 0.803. The Morgan fingerprint density at radius 3 is 2.24 bits per heavy atom. The summed E-state index contributed by atoms with van der Waals surface area (Å²) >= 11 is 5.81. The molecule has 3 heteroatoms. The van der Waals surface area contributed by atoms with Crippen molar-refractivity contribution < 1.29 is 4.74 Å². The highest BCUT2D eigenvalue weighted by Crippen LogP contribution is 2.29. The van der Waals surface area contributed by atoms with E-state index in [4.69, 9.17) is 22.1 Å². The molecule has 0 fully saturated rings. The monoisotopic (exact) mass is 255 g/mol. The molecule has 0 spiro atoms. The molecule has 0 aromatic heterocycles. The van der Waals surface area contributed by atoms with Gasteiger partial charge in [-0.3, -0.25) is 0 Å². The standard InChI is InChI=1S/C14H22ClNO/c1-3-14(4-2,11-16)9-10-17-13-7-5-12(15)6-8-13/h5-8H,3-4,9-11,16H2,1-2H3. The maximum atomic E-state index is 5.86. The van der Waals surface area contributed by atoms with Gasteiger partial charge in [0, 0.05) is 5.02 Å². The maximum absolute atomic E-state index is 5.86. The smallest absolute Gasteiger partial charge is 0.119 e. The molecular weight excluding hydrogens is 234 g/mol. The molecular formula is C14H22ClNO. The number of hydrogen-bond acceptors (Lipinski definition) is 2. The molecule has 0 saturated carbocycles. The molecule has 0 amide bonds. The van der Waals surface area contributed by atoms with Crippen LogP contribution in [0.2, 0.25) is 5.02 Å². The van der Waals surface area contributed by atoms with Crippen molar-refractivity contribution in [3.05, 3.63) is 29.3 Å². The van der Waals surface area contributed by atoms with Gasteiger partial charge in [-0.25, -0.2) is 0 Å². The Bertz CT molecular complexity index is 311. The highest BCUT2D eigenvalue weighted by molar-refractivity contribution is 6.30. The summed E-state index contributed by atoms with van der Waals surface area (Å²) in [5.41, 5.74) is 6.08. The van der Waals surface area contributed by atoms with Gasteiger partial charge in [0.2, 0.25) is 0 Å². The van der Waals surface area contributed by atoms with Crippen molar-refractivity contribution in [2.24, 2.45) is 11.1 Å². The first-order valence-corrected chi connectivity index (χ1v) is 6.62. The summed E-state index contributed by atoms with van der Waals surface area (Å²) in [7, 11) is 0. The largest absolute Gasteiger partial charge is 0.494 e. The Kier molecular flexibility index (Phi) is 5.79. The van der Waals surface area contributed by atoms with Crippen LogP contribution < -0.4 is 10.5 Å². The van der Waals surface area contributed by atoms with Crippen molar-refractivity contribution in [1.82, 2.24) is 0 Å². The normalized spacial score (nSPS) is 11.5. The van der Waals surface area contributed by atoms with E-state index in [9.17, 15) is 0 Å². The second-order valence-electron chi connectivity index (χ2n) is 4.46. The predicted molar refractivity (Wildman–Crippen MR) is 73.6 cm³/mol. The van der Waals surface area contributed by atoms with Crippen molar-refractivity contribution in [1.29, 1.82) is 0 Å². The van der Waals surface area contributed by atoms with E-state index < -0.39 is 0 Å². The summed E-state index contributed by atoms with van der Waals surface area (Å²) in [5.74, 6) is 0.868. The van der Waals surface area contributed by atoms with E-state index in [0.717, 1.165) is 36.6 Å². The van der Waals surface area contributed by atoms with Crippen molar-refractivity contribution in [3.8, 4) is 5.75 Å². The van der Waals surface area contributed by atoms with Gasteiger partial charge < -0.3 is 10.5 Å².